The molecule has 1 saturated heterocycles. The number of carbonyl (C=O) groups excluding carboxylic acids is 2. The van der Waals surface area contributed by atoms with Crippen molar-refractivity contribution in [1.29, 1.82) is 0 Å². The van der Waals surface area contributed by atoms with Crippen LogP contribution in [0.25, 0.3) is 16.5 Å². The summed E-state index contributed by atoms with van der Waals surface area (Å²) in [6.07, 6.45) is 0.888. The van der Waals surface area contributed by atoms with Gasteiger partial charge in [0.05, 0.1) is 17.9 Å². The molecular weight excluding hydrogens is 458 g/mol. The Hall–Kier alpha value is -3.90. The van der Waals surface area contributed by atoms with Gasteiger partial charge in [0.15, 0.2) is 0 Å². The fourth-order valence-corrected chi connectivity index (χ4v) is 5.37. The summed E-state index contributed by atoms with van der Waals surface area (Å²) in [5, 5.41) is 15.1. The van der Waals surface area contributed by atoms with Crippen molar-refractivity contribution in [3.05, 3.63) is 99.8 Å². The summed E-state index contributed by atoms with van der Waals surface area (Å²) in [6.45, 7) is 4.53. The van der Waals surface area contributed by atoms with Gasteiger partial charge in [0.2, 0.25) is 0 Å². The molecule has 1 amide bonds. The number of benzene rings is 3. The van der Waals surface area contributed by atoms with Crippen LogP contribution in [0.3, 0.4) is 0 Å². The zero-order chi connectivity index (χ0) is 24.5. The molecule has 1 N–H and O–H groups in total. The van der Waals surface area contributed by atoms with Crippen LogP contribution in [-0.4, -0.2) is 23.4 Å². The lowest BCUT2D eigenvalue weighted by atomic mass is 9.98. The monoisotopic (exact) mass is 483 g/mol. The highest BCUT2D eigenvalue weighted by atomic mass is 32.1. The number of nitrogens with zero attached hydrogens (tertiary/aromatic N) is 1. The van der Waals surface area contributed by atoms with Crippen LogP contribution < -0.4 is 9.64 Å². The van der Waals surface area contributed by atoms with E-state index in [2.05, 4.69) is 0 Å². The number of ketones is 1. The minimum atomic E-state index is -0.725. The van der Waals surface area contributed by atoms with Crippen molar-refractivity contribution in [1.82, 2.24) is 0 Å². The first-order valence-electron chi connectivity index (χ1n) is 11.6. The van der Waals surface area contributed by atoms with E-state index in [1.54, 1.807) is 18.2 Å². The third-order valence-electron chi connectivity index (χ3n) is 6.19. The minimum absolute atomic E-state index is 0.0898. The molecule has 4 aromatic rings. The van der Waals surface area contributed by atoms with E-state index >= 15 is 0 Å². The largest absolute Gasteiger partial charge is 0.507 e. The molecule has 0 bridgehead atoms. The molecule has 176 valence electrons. The first-order valence-corrected chi connectivity index (χ1v) is 12.4. The predicted octanol–water partition coefficient (Wildman–Crippen LogP) is 6.62. The molecule has 1 aliphatic rings. The molecule has 35 heavy (non-hydrogen) atoms. The Balaban J connectivity index is 1.68. The molecule has 1 atom stereocenters. The first-order chi connectivity index (χ1) is 17.0. The van der Waals surface area contributed by atoms with E-state index < -0.39 is 17.7 Å². The summed E-state index contributed by atoms with van der Waals surface area (Å²) < 4.78 is 5.75. The van der Waals surface area contributed by atoms with Crippen LogP contribution in [0.2, 0.25) is 0 Å². The summed E-state index contributed by atoms with van der Waals surface area (Å²) in [4.78, 5) is 29.2. The highest BCUT2D eigenvalue weighted by Crippen LogP contribution is 2.45. The van der Waals surface area contributed by atoms with E-state index in [0.717, 1.165) is 33.4 Å². The van der Waals surface area contributed by atoms with E-state index in [0.29, 0.717) is 17.9 Å². The summed E-state index contributed by atoms with van der Waals surface area (Å²) in [5.74, 6) is -0.803. The van der Waals surface area contributed by atoms with Crippen molar-refractivity contribution in [2.24, 2.45) is 0 Å². The van der Waals surface area contributed by atoms with Gasteiger partial charge in [0.25, 0.3) is 11.7 Å². The predicted molar refractivity (Wildman–Crippen MR) is 140 cm³/mol. The molecule has 0 spiro atoms. The second-order valence-electron chi connectivity index (χ2n) is 8.51. The molecule has 0 radical (unpaired) electrons. The van der Waals surface area contributed by atoms with Gasteiger partial charge in [-0.25, -0.2) is 0 Å². The zero-order valence-electron chi connectivity index (χ0n) is 19.5. The normalized spacial score (nSPS) is 17.3. The van der Waals surface area contributed by atoms with Crippen molar-refractivity contribution in [3.63, 3.8) is 0 Å². The number of hydrogen-bond donors (Lipinski definition) is 1. The smallest absolute Gasteiger partial charge is 0.300 e. The van der Waals surface area contributed by atoms with Crippen molar-refractivity contribution in [2.75, 3.05) is 11.5 Å². The fourth-order valence-electron chi connectivity index (χ4n) is 4.54. The SMILES string of the molecule is CCCOc1ccc(/C(O)=C2/C(=O)C(=O)N(c3cccc4ccccc34)C2c2cccs2)cc1C. The topological polar surface area (TPSA) is 66.8 Å². The number of aliphatic hydroxyl groups excluding tert-OH is 1. The zero-order valence-corrected chi connectivity index (χ0v) is 20.3. The van der Waals surface area contributed by atoms with Crippen LogP contribution in [0.1, 0.15) is 35.4 Å². The maximum atomic E-state index is 13.5. The Kier molecular flexibility index (Phi) is 6.14. The van der Waals surface area contributed by atoms with Gasteiger partial charge in [0.1, 0.15) is 17.6 Å². The van der Waals surface area contributed by atoms with Crippen LogP contribution >= 0.6 is 11.3 Å². The quantitative estimate of drug-likeness (QED) is 0.190. The van der Waals surface area contributed by atoms with E-state index in [-0.39, 0.29) is 11.3 Å². The molecule has 3 aromatic carbocycles. The summed E-state index contributed by atoms with van der Waals surface area (Å²) in [6, 6.07) is 21.8. The number of amides is 1. The van der Waals surface area contributed by atoms with Crippen LogP contribution in [0.5, 0.6) is 5.75 Å². The molecule has 2 heterocycles. The van der Waals surface area contributed by atoms with Crippen LogP contribution in [-0.2, 0) is 9.59 Å². The number of hydrogen-bond acceptors (Lipinski definition) is 5. The Bertz CT molecular complexity index is 1450. The van der Waals surface area contributed by atoms with Gasteiger partial charge in [-0.15, -0.1) is 11.3 Å². The second-order valence-corrected chi connectivity index (χ2v) is 9.49. The van der Waals surface area contributed by atoms with Crippen molar-refractivity contribution in [3.8, 4) is 5.75 Å². The van der Waals surface area contributed by atoms with Crippen molar-refractivity contribution in [2.45, 2.75) is 26.3 Å². The number of ether oxygens (including phenoxy) is 1. The van der Waals surface area contributed by atoms with Gasteiger partial charge in [-0.3, -0.25) is 14.5 Å². The fraction of sp³-hybridized carbons (Fsp3) is 0.172. The van der Waals surface area contributed by atoms with E-state index in [1.165, 1.54) is 16.2 Å². The Morgan fingerprint density at radius 2 is 1.83 bits per heavy atom. The molecule has 1 fully saturated rings. The maximum Gasteiger partial charge on any atom is 0.300 e. The third-order valence-corrected chi connectivity index (χ3v) is 7.12. The second kappa shape index (κ2) is 9.39. The Labute approximate surface area is 207 Å². The molecule has 0 saturated carbocycles. The number of Topliss-reactive ketones (excluding diaryl/α,β-unsaturated/α-hetero) is 1. The lowest BCUT2D eigenvalue weighted by Crippen LogP contribution is -2.29. The van der Waals surface area contributed by atoms with Gasteiger partial charge in [-0.05, 0) is 60.0 Å². The third kappa shape index (κ3) is 4.00. The summed E-state index contributed by atoms with van der Waals surface area (Å²) in [7, 11) is 0. The van der Waals surface area contributed by atoms with Crippen molar-refractivity contribution < 1.29 is 19.4 Å². The van der Waals surface area contributed by atoms with E-state index in [4.69, 9.17) is 4.74 Å². The molecule has 1 unspecified atom stereocenters. The molecule has 0 aliphatic carbocycles. The number of aliphatic hydroxyl groups is 1. The number of rotatable bonds is 6. The lowest BCUT2D eigenvalue weighted by molar-refractivity contribution is -0.132. The average Bonchev–Trinajstić information content (AvgIpc) is 3.49. The molecule has 1 aromatic heterocycles. The molecule has 5 rings (SSSR count). The Morgan fingerprint density at radius 3 is 2.57 bits per heavy atom. The number of carbonyl (C=O) groups is 2. The first kappa shape index (κ1) is 22.9. The number of aryl methyl sites for hydroxylation is 1. The molecule has 1 aliphatic heterocycles. The molecular formula is C29H25NO4S. The number of anilines is 1. The maximum absolute atomic E-state index is 13.5. The van der Waals surface area contributed by atoms with E-state index in [1.807, 2.05) is 73.8 Å². The molecule has 6 heteroatoms. The van der Waals surface area contributed by atoms with E-state index in [9.17, 15) is 14.7 Å². The highest BCUT2D eigenvalue weighted by Gasteiger charge is 2.47. The average molecular weight is 484 g/mol. The summed E-state index contributed by atoms with van der Waals surface area (Å²) in [5.41, 5.74) is 2.05. The van der Waals surface area contributed by atoms with Crippen LogP contribution in [0.15, 0.2) is 83.7 Å². The Morgan fingerprint density at radius 1 is 1.03 bits per heavy atom. The van der Waals surface area contributed by atoms with Gasteiger partial charge in [-0.2, -0.15) is 0 Å². The summed E-state index contributed by atoms with van der Waals surface area (Å²) >= 11 is 1.45. The molecule has 5 nitrogen and oxygen atoms in total. The van der Waals surface area contributed by atoms with Gasteiger partial charge < -0.3 is 9.84 Å². The van der Waals surface area contributed by atoms with Gasteiger partial charge in [0, 0.05) is 15.8 Å². The number of fused-ring (bicyclic) bond motifs is 1. The number of thiophene rings is 1. The van der Waals surface area contributed by atoms with Gasteiger partial charge in [-0.1, -0.05) is 49.4 Å². The van der Waals surface area contributed by atoms with Crippen LogP contribution in [0, 0.1) is 6.92 Å². The lowest BCUT2D eigenvalue weighted by Gasteiger charge is -2.25. The van der Waals surface area contributed by atoms with Gasteiger partial charge >= 0.3 is 0 Å². The van der Waals surface area contributed by atoms with Crippen LogP contribution in [0.4, 0.5) is 5.69 Å². The minimum Gasteiger partial charge on any atom is -0.507 e. The van der Waals surface area contributed by atoms with Crippen molar-refractivity contribution >= 4 is 45.2 Å². The standard InChI is InChI=1S/C29H25NO4S/c1-3-15-34-23-14-13-20(17-18(23)2)27(31)25-26(24-12-7-16-35-24)30(29(33)28(25)32)22-11-6-9-19-8-4-5-10-21(19)22/h4-14,16-17,26,31H,3,15H2,1-2H3/b27-25-. The highest BCUT2D eigenvalue weighted by molar-refractivity contribution is 7.10.